The van der Waals surface area contributed by atoms with Crippen LogP contribution in [0.4, 0.5) is 4.39 Å². The van der Waals surface area contributed by atoms with Crippen molar-refractivity contribution in [3.8, 4) is 5.75 Å². The van der Waals surface area contributed by atoms with Crippen LogP contribution >= 0.6 is 24.0 Å². The van der Waals surface area contributed by atoms with E-state index in [1.165, 1.54) is 6.07 Å². The third-order valence-corrected chi connectivity index (χ3v) is 3.12. The highest BCUT2D eigenvalue weighted by molar-refractivity contribution is 14.0. The summed E-state index contributed by atoms with van der Waals surface area (Å²) in [5.74, 6) is 1.03. The molecule has 0 radical (unpaired) electrons. The molecule has 0 aliphatic heterocycles. The SMILES string of the molecule is CN=C(NCc1ccccc1OC)NCc1ncccc1F.I. The maximum Gasteiger partial charge on any atom is 0.191 e. The summed E-state index contributed by atoms with van der Waals surface area (Å²) in [6.07, 6.45) is 1.56. The van der Waals surface area contributed by atoms with Gasteiger partial charge in [0.25, 0.3) is 0 Å². The molecule has 0 amide bonds. The van der Waals surface area contributed by atoms with Gasteiger partial charge < -0.3 is 15.4 Å². The molecule has 0 fully saturated rings. The molecule has 0 unspecified atom stereocenters. The van der Waals surface area contributed by atoms with Crippen molar-refractivity contribution in [2.45, 2.75) is 13.1 Å². The molecule has 2 aromatic rings. The van der Waals surface area contributed by atoms with Gasteiger partial charge in [-0.2, -0.15) is 0 Å². The number of halogens is 2. The van der Waals surface area contributed by atoms with E-state index in [0.717, 1.165) is 11.3 Å². The minimum Gasteiger partial charge on any atom is -0.496 e. The van der Waals surface area contributed by atoms with Crippen LogP contribution in [0.5, 0.6) is 5.75 Å². The average Bonchev–Trinajstić information content (AvgIpc) is 2.56. The van der Waals surface area contributed by atoms with Crippen LogP contribution < -0.4 is 15.4 Å². The van der Waals surface area contributed by atoms with E-state index in [1.807, 2.05) is 24.3 Å². The molecule has 1 heterocycles. The molecule has 0 aliphatic carbocycles. The minimum absolute atomic E-state index is 0. The first-order chi connectivity index (χ1) is 10.7. The van der Waals surface area contributed by atoms with Gasteiger partial charge >= 0.3 is 0 Å². The molecule has 1 aromatic heterocycles. The van der Waals surface area contributed by atoms with E-state index in [1.54, 1.807) is 26.4 Å². The Kier molecular flexibility index (Phi) is 8.31. The van der Waals surface area contributed by atoms with Crippen molar-refractivity contribution in [1.82, 2.24) is 15.6 Å². The predicted octanol–water partition coefficient (Wildman–Crippen LogP) is 2.71. The molecule has 5 nitrogen and oxygen atoms in total. The Bertz CT molecular complexity index is 651. The van der Waals surface area contributed by atoms with E-state index in [2.05, 4.69) is 20.6 Å². The fraction of sp³-hybridized carbons (Fsp3) is 0.250. The maximum absolute atomic E-state index is 13.5. The number of para-hydroxylation sites is 1. The molecule has 0 bridgehead atoms. The number of ether oxygens (including phenoxy) is 1. The summed E-state index contributed by atoms with van der Waals surface area (Å²) < 4.78 is 18.8. The van der Waals surface area contributed by atoms with Crippen LogP contribution in [0.1, 0.15) is 11.3 Å². The maximum atomic E-state index is 13.5. The second kappa shape index (κ2) is 9.98. The molecule has 124 valence electrons. The zero-order chi connectivity index (χ0) is 15.8. The van der Waals surface area contributed by atoms with Crippen molar-refractivity contribution in [1.29, 1.82) is 0 Å². The van der Waals surface area contributed by atoms with Crippen molar-refractivity contribution in [3.05, 3.63) is 59.7 Å². The summed E-state index contributed by atoms with van der Waals surface area (Å²) in [7, 11) is 3.29. The number of methoxy groups -OCH3 is 1. The monoisotopic (exact) mass is 430 g/mol. The molecular formula is C16H20FIN4O. The van der Waals surface area contributed by atoms with Gasteiger partial charge in [0.15, 0.2) is 5.96 Å². The normalized spacial score (nSPS) is 10.7. The van der Waals surface area contributed by atoms with Gasteiger partial charge in [-0.1, -0.05) is 18.2 Å². The summed E-state index contributed by atoms with van der Waals surface area (Å²) >= 11 is 0. The van der Waals surface area contributed by atoms with Crippen molar-refractivity contribution >= 4 is 29.9 Å². The van der Waals surface area contributed by atoms with Crippen LogP contribution in [0, 0.1) is 5.82 Å². The molecule has 0 saturated heterocycles. The lowest BCUT2D eigenvalue weighted by Crippen LogP contribution is -2.36. The lowest BCUT2D eigenvalue weighted by molar-refractivity contribution is 0.409. The van der Waals surface area contributed by atoms with Crippen LogP contribution in [-0.2, 0) is 13.1 Å². The molecular weight excluding hydrogens is 410 g/mol. The Morgan fingerprint density at radius 1 is 1.17 bits per heavy atom. The second-order valence-electron chi connectivity index (χ2n) is 4.52. The van der Waals surface area contributed by atoms with Crippen LogP contribution in [0.3, 0.4) is 0 Å². The Balaban J connectivity index is 0.00000264. The molecule has 2 N–H and O–H groups in total. The number of pyridine rings is 1. The largest absolute Gasteiger partial charge is 0.496 e. The highest BCUT2D eigenvalue weighted by Gasteiger charge is 2.05. The lowest BCUT2D eigenvalue weighted by atomic mass is 10.2. The highest BCUT2D eigenvalue weighted by atomic mass is 127. The number of benzene rings is 1. The molecule has 1 aromatic carbocycles. The number of nitrogens with zero attached hydrogens (tertiary/aromatic N) is 2. The number of hydrogen-bond acceptors (Lipinski definition) is 3. The molecule has 23 heavy (non-hydrogen) atoms. The smallest absolute Gasteiger partial charge is 0.191 e. The van der Waals surface area contributed by atoms with Crippen LogP contribution in [-0.4, -0.2) is 25.1 Å². The highest BCUT2D eigenvalue weighted by Crippen LogP contribution is 2.16. The number of aromatic nitrogens is 1. The van der Waals surface area contributed by atoms with Gasteiger partial charge in [-0.25, -0.2) is 4.39 Å². The van der Waals surface area contributed by atoms with Gasteiger partial charge in [0.05, 0.1) is 19.3 Å². The van der Waals surface area contributed by atoms with Crippen LogP contribution in [0.15, 0.2) is 47.6 Å². The predicted molar refractivity (Wildman–Crippen MR) is 99.6 cm³/mol. The van der Waals surface area contributed by atoms with Crippen LogP contribution in [0.25, 0.3) is 0 Å². The Hall–Kier alpha value is -1.90. The molecule has 0 spiro atoms. The van der Waals surface area contributed by atoms with Gasteiger partial charge in [0, 0.05) is 25.4 Å². The topological polar surface area (TPSA) is 58.5 Å². The zero-order valence-corrected chi connectivity index (χ0v) is 15.4. The quantitative estimate of drug-likeness (QED) is 0.435. The number of rotatable bonds is 5. The van der Waals surface area contributed by atoms with Crippen molar-refractivity contribution < 1.29 is 9.13 Å². The van der Waals surface area contributed by atoms with Gasteiger partial charge in [0.1, 0.15) is 11.6 Å². The van der Waals surface area contributed by atoms with Gasteiger partial charge in [0.2, 0.25) is 0 Å². The summed E-state index contributed by atoms with van der Waals surface area (Å²) in [5, 5.41) is 6.19. The first kappa shape index (κ1) is 19.1. The first-order valence-corrected chi connectivity index (χ1v) is 6.90. The molecule has 0 saturated carbocycles. The fourth-order valence-electron chi connectivity index (χ4n) is 1.96. The van der Waals surface area contributed by atoms with Gasteiger partial charge in [-0.05, 0) is 18.2 Å². The summed E-state index contributed by atoms with van der Waals surface area (Å²) in [5.41, 5.74) is 1.36. The molecule has 0 atom stereocenters. The molecule has 2 rings (SSSR count). The van der Waals surface area contributed by atoms with Crippen molar-refractivity contribution in [3.63, 3.8) is 0 Å². The summed E-state index contributed by atoms with van der Waals surface area (Å²) in [6.45, 7) is 0.812. The summed E-state index contributed by atoms with van der Waals surface area (Å²) in [4.78, 5) is 8.10. The van der Waals surface area contributed by atoms with E-state index >= 15 is 0 Å². The number of guanidine groups is 1. The van der Waals surface area contributed by atoms with Crippen molar-refractivity contribution in [2.75, 3.05) is 14.2 Å². The number of aliphatic imine (C=N–C) groups is 1. The van der Waals surface area contributed by atoms with Gasteiger partial charge in [-0.3, -0.25) is 9.98 Å². The average molecular weight is 430 g/mol. The third-order valence-electron chi connectivity index (χ3n) is 3.12. The van der Waals surface area contributed by atoms with Gasteiger partial charge in [-0.15, -0.1) is 24.0 Å². The van der Waals surface area contributed by atoms with E-state index in [9.17, 15) is 4.39 Å². The number of hydrogen-bond donors (Lipinski definition) is 2. The first-order valence-electron chi connectivity index (χ1n) is 6.90. The minimum atomic E-state index is -0.338. The Morgan fingerprint density at radius 3 is 2.61 bits per heavy atom. The fourth-order valence-corrected chi connectivity index (χ4v) is 1.96. The zero-order valence-electron chi connectivity index (χ0n) is 13.0. The van der Waals surface area contributed by atoms with Crippen LogP contribution in [0.2, 0.25) is 0 Å². The lowest BCUT2D eigenvalue weighted by Gasteiger charge is -2.13. The molecule has 7 heteroatoms. The standard InChI is InChI=1S/C16H19FN4O.HI/c1-18-16(21-11-14-13(17)7-5-9-19-14)20-10-12-6-3-4-8-15(12)22-2;/h3-9H,10-11H2,1-2H3,(H2,18,20,21);1H. The second-order valence-corrected chi connectivity index (χ2v) is 4.52. The number of nitrogens with one attached hydrogen (secondary N) is 2. The Labute approximate surface area is 152 Å². The van der Waals surface area contributed by atoms with E-state index in [-0.39, 0.29) is 36.3 Å². The molecule has 0 aliphatic rings. The Morgan fingerprint density at radius 2 is 1.91 bits per heavy atom. The third kappa shape index (κ3) is 5.66. The van der Waals surface area contributed by atoms with E-state index in [0.29, 0.717) is 18.2 Å². The van der Waals surface area contributed by atoms with E-state index in [4.69, 9.17) is 4.74 Å². The summed E-state index contributed by atoms with van der Waals surface area (Å²) in [6, 6.07) is 10.7. The van der Waals surface area contributed by atoms with Crippen molar-refractivity contribution in [2.24, 2.45) is 4.99 Å². The van der Waals surface area contributed by atoms with E-state index < -0.39 is 0 Å².